The molecule has 3 N–H and O–H groups in total. The monoisotopic (exact) mass is 426 g/mol. The van der Waals surface area contributed by atoms with Crippen LogP contribution in [0.2, 0.25) is 0 Å². The first-order valence-corrected chi connectivity index (χ1v) is 10.8. The minimum Gasteiger partial charge on any atom is -0.343 e. The number of thiazole rings is 1. The van der Waals surface area contributed by atoms with Crippen LogP contribution in [0.25, 0.3) is 0 Å². The number of amides is 3. The third-order valence-corrected chi connectivity index (χ3v) is 5.32. The summed E-state index contributed by atoms with van der Waals surface area (Å²) in [6.45, 7) is 11.5. The number of aromatic nitrogens is 1. The van der Waals surface area contributed by atoms with Crippen LogP contribution in [0, 0.1) is 17.3 Å². The molecule has 0 saturated heterocycles. The Kier molecular flexibility index (Phi) is 9.72. The van der Waals surface area contributed by atoms with Gasteiger partial charge in [-0.2, -0.15) is 0 Å². The lowest BCUT2D eigenvalue weighted by molar-refractivity contribution is -0.169. The molecule has 3 atom stereocenters. The molecule has 0 aliphatic carbocycles. The Morgan fingerprint density at radius 1 is 1.31 bits per heavy atom. The van der Waals surface area contributed by atoms with Gasteiger partial charge in [-0.1, -0.05) is 48.0 Å². The highest BCUT2D eigenvalue weighted by Crippen LogP contribution is 2.26. The van der Waals surface area contributed by atoms with Crippen LogP contribution in [0.1, 0.15) is 60.8 Å². The highest BCUT2D eigenvalue weighted by Gasteiger charge is 2.38. The summed E-state index contributed by atoms with van der Waals surface area (Å²) in [5.41, 5.74) is -0.552. The summed E-state index contributed by atoms with van der Waals surface area (Å²) >= 11 is 1.30. The predicted octanol–water partition coefficient (Wildman–Crippen LogP) is 3.29. The minimum absolute atomic E-state index is 0.169. The molecule has 0 unspecified atom stereocenters. The second kappa shape index (κ2) is 11.3. The zero-order valence-electron chi connectivity index (χ0n) is 18.1. The van der Waals surface area contributed by atoms with Crippen molar-refractivity contribution >= 4 is 34.7 Å². The van der Waals surface area contributed by atoms with Crippen LogP contribution < -0.4 is 10.6 Å². The van der Waals surface area contributed by atoms with Crippen molar-refractivity contribution in [2.45, 2.75) is 72.9 Å². The summed E-state index contributed by atoms with van der Waals surface area (Å²) in [5, 5.41) is 18.5. The van der Waals surface area contributed by atoms with Gasteiger partial charge in [0.05, 0.1) is 12.0 Å². The van der Waals surface area contributed by atoms with E-state index in [4.69, 9.17) is 0 Å². The summed E-state index contributed by atoms with van der Waals surface area (Å²) in [4.78, 5) is 41.3. The van der Waals surface area contributed by atoms with Crippen LogP contribution in [0.15, 0.2) is 11.6 Å². The van der Waals surface area contributed by atoms with Crippen molar-refractivity contribution in [3.05, 3.63) is 11.6 Å². The van der Waals surface area contributed by atoms with E-state index in [2.05, 4.69) is 15.6 Å². The first-order chi connectivity index (χ1) is 13.5. The maximum absolute atomic E-state index is 13.2. The fraction of sp³-hybridized carbons (Fsp3) is 0.700. The van der Waals surface area contributed by atoms with Gasteiger partial charge in [0, 0.05) is 11.6 Å². The van der Waals surface area contributed by atoms with E-state index >= 15 is 0 Å². The second-order valence-corrected chi connectivity index (χ2v) is 9.61. The molecule has 0 aliphatic heterocycles. The largest absolute Gasteiger partial charge is 0.343 e. The van der Waals surface area contributed by atoms with E-state index in [0.29, 0.717) is 35.9 Å². The van der Waals surface area contributed by atoms with Crippen molar-refractivity contribution in [3.63, 3.8) is 0 Å². The van der Waals surface area contributed by atoms with Gasteiger partial charge in [0.15, 0.2) is 5.13 Å². The van der Waals surface area contributed by atoms with Crippen LogP contribution in [0.5, 0.6) is 0 Å². The van der Waals surface area contributed by atoms with Crippen LogP contribution in [0.3, 0.4) is 0 Å². The molecule has 1 heterocycles. The van der Waals surface area contributed by atoms with Crippen molar-refractivity contribution in [1.29, 1.82) is 0 Å². The van der Waals surface area contributed by atoms with Crippen LogP contribution in [-0.4, -0.2) is 45.6 Å². The van der Waals surface area contributed by atoms with E-state index in [1.807, 2.05) is 41.5 Å². The number of nitrogens with one attached hydrogen (secondary N) is 2. The van der Waals surface area contributed by atoms with Crippen molar-refractivity contribution in [2.24, 2.45) is 17.3 Å². The molecular weight excluding hydrogens is 392 g/mol. The van der Waals surface area contributed by atoms with E-state index < -0.39 is 23.4 Å². The molecular formula is C20H34N4O4S. The molecule has 8 nitrogen and oxygen atoms in total. The molecule has 1 aromatic heterocycles. The van der Waals surface area contributed by atoms with Crippen molar-refractivity contribution in [1.82, 2.24) is 15.4 Å². The molecule has 1 rings (SSSR count). The summed E-state index contributed by atoms with van der Waals surface area (Å²) in [6.07, 6.45) is 3.58. The topological polar surface area (TPSA) is 112 Å². The average molecular weight is 427 g/mol. The fourth-order valence-electron chi connectivity index (χ4n) is 3.23. The SMILES string of the molecule is CCC[C@@H]([C@@H](CC(C)C)C(=O)N[C@H](C(=O)Nc1nccs1)C(C)(C)C)N(O)C=O. The number of hydrogen-bond donors (Lipinski definition) is 3. The number of carbonyl (C=O) groups excluding carboxylic acids is 3. The zero-order chi connectivity index (χ0) is 22.2. The highest BCUT2D eigenvalue weighted by molar-refractivity contribution is 7.13. The Morgan fingerprint density at radius 3 is 2.41 bits per heavy atom. The van der Waals surface area contributed by atoms with Crippen LogP contribution >= 0.6 is 11.3 Å². The van der Waals surface area contributed by atoms with Gasteiger partial charge >= 0.3 is 0 Å². The van der Waals surface area contributed by atoms with Gasteiger partial charge in [-0.05, 0) is 24.2 Å². The molecule has 9 heteroatoms. The van der Waals surface area contributed by atoms with Gasteiger partial charge in [0.25, 0.3) is 0 Å². The van der Waals surface area contributed by atoms with E-state index in [9.17, 15) is 19.6 Å². The zero-order valence-corrected chi connectivity index (χ0v) is 19.0. The molecule has 3 amide bonds. The number of rotatable bonds is 11. The Bertz CT molecular complexity index is 658. The molecule has 0 saturated carbocycles. The van der Waals surface area contributed by atoms with Crippen LogP contribution in [0.4, 0.5) is 5.13 Å². The third kappa shape index (κ3) is 7.74. The maximum atomic E-state index is 13.2. The Morgan fingerprint density at radius 2 is 1.97 bits per heavy atom. The number of hydroxylamine groups is 2. The van der Waals surface area contributed by atoms with Gasteiger partial charge in [0.1, 0.15) is 6.04 Å². The van der Waals surface area contributed by atoms with Crippen LogP contribution in [-0.2, 0) is 14.4 Å². The average Bonchev–Trinajstić information content (AvgIpc) is 3.13. The lowest BCUT2D eigenvalue weighted by Gasteiger charge is -2.35. The van der Waals surface area contributed by atoms with Gasteiger partial charge in [0.2, 0.25) is 18.2 Å². The van der Waals surface area contributed by atoms with E-state index in [0.717, 1.165) is 0 Å². The lowest BCUT2D eigenvalue weighted by atomic mass is 9.83. The number of anilines is 1. The first kappa shape index (κ1) is 25.0. The number of carbonyl (C=O) groups is 3. The summed E-state index contributed by atoms with van der Waals surface area (Å²) < 4.78 is 0. The summed E-state index contributed by atoms with van der Waals surface area (Å²) in [6, 6.07) is -1.46. The van der Waals surface area contributed by atoms with Crippen molar-refractivity contribution < 1.29 is 19.6 Å². The predicted molar refractivity (Wildman–Crippen MR) is 113 cm³/mol. The molecule has 1 aromatic rings. The minimum atomic E-state index is -0.806. The van der Waals surface area contributed by atoms with Gasteiger partial charge in [-0.15, -0.1) is 11.3 Å². The molecule has 164 valence electrons. The van der Waals surface area contributed by atoms with E-state index in [1.54, 1.807) is 11.6 Å². The lowest BCUT2D eigenvalue weighted by Crippen LogP contribution is -2.55. The molecule has 0 radical (unpaired) electrons. The fourth-order valence-corrected chi connectivity index (χ4v) is 3.76. The van der Waals surface area contributed by atoms with E-state index in [1.165, 1.54) is 11.3 Å². The molecule has 29 heavy (non-hydrogen) atoms. The molecule has 0 aromatic carbocycles. The standard InChI is InChI=1S/C20H34N4O4S/c1-7-8-15(24(28)12-25)14(11-13(2)3)17(26)22-16(20(4,5)6)18(27)23-19-21-9-10-29-19/h9-10,12-16,28H,7-8,11H2,1-6H3,(H,22,26)(H,21,23,27)/t14-,15+,16-/m1/s1. The van der Waals surface area contributed by atoms with E-state index in [-0.39, 0.29) is 17.7 Å². The molecule has 0 spiro atoms. The number of hydrogen-bond acceptors (Lipinski definition) is 6. The second-order valence-electron chi connectivity index (χ2n) is 8.71. The molecule has 0 bridgehead atoms. The van der Waals surface area contributed by atoms with Gasteiger partial charge in [-0.3, -0.25) is 19.6 Å². The quantitative estimate of drug-likeness (QED) is 0.286. The Hall–Kier alpha value is -2.00. The van der Waals surface area contributed by atoms with Gasteiger partial charge in [-0.25, -0.2) is 10.0 Å². The van der Waals surface area contributed by atoms with Crippen molar-refractivity contribution in [3.8, 4) is 0 Å². The normalized spacial score (nSPS) is 14.8. The highest BCUT2D eigenvalue weighted by atomic mass is 32.1. The van der Waals surface area contributed by atoms with Crippen molar-refractivity contribution in [2.75, 3.05) is 5.32 Å². The Labute approximate surface area is 177 Å². The number of nitrogens with zero attached hydrogens (tertiary/aromatic N) is 2. The maximum Gasteiger partial charge on any atom is 0.249 e. The Balaban J connectivity index is 3.10. The van der Waals surface area contributed by atoms with Gasteiger partial charge < -0.3 is 10.6 Å². The smallest absolute Gasteiger partial charge is 0.249 e. The molecule has 0 fully saturated rings. The summed E-state index contributed by atoms with van der Waals surface area (Å²) in [7, 11) is 0. The molecule has 0 aliphatic rings. The third-order valence-electron chi connectivity index (χ3n) is 4.64. The first-order valence-electron chi connectivity index (χ1n) is 9.94. The summed E-state index contributed by atoms with van der Waals surface area (Å²) in [5.74, 6) is -1.18.